The summed E-state index contributed by atoms with van der Waals surface area (Å²) < 4.78 is 6.11. The standard InChI is InChI=1S/C12H18O.W/c1-3-4-5-6-7-8-9-10-11-12-13-2;/h3-5,10-11H,1,6-9H2,2H3;/b5-4+,11-10+;. The normalized spacial score (nSPS) is 11.2. The van der Waals surface area contributed by atoms with Crippen LogP contribution in [0.4, 0.5) is 0 Å². The van der Waals surface area contributed by atoms with Crippen LogP contribution in [0.2, 0.25) is 0 Å². The van der Waals surface area contributed by atoms with Crippen molar-refractivity contribution in [2.24, 2.45) is 0 Å². The second kappa shape index (κ2) is 10.8. The van der Waals surface area contributed by atoms with Gasteiger partial charge in [-0.2, -0.15) is 0 Å². The Balaban J connectivity index is 3.29. The SMILES string of the molecule is C=C/C=C/CCCC/C=C/[C](=[W])OC. The van der Waals surface area contributed by atoms with Crippen LogP contribution in [0, 0.1) is 0 Å². The van der Waals surface area contributed by atoms with Crippen LogP contribution in [0.3, 0.4) is 0 Å². The molecule has 2 heteroatoms. The Bertz CT molecular complexity index is 216. The molecular weight excluding hydrogens is 344 g/mol. The van der Waals surface area contributed by atoms with Gasteiger partial charge < -0.3 is 0 Å². The predicted octanol–water partition coefficient (Wildman–Crippen LogP) is 3.17. The summed E-state index contributed by atoms with van der Waals surface area (Å²) in [6.07, 6.45) is 15.0. The molecule has 0 aromatic heterocycles. The van der Waals surface area contributed by atoms with Crippen molar-refractivity contribution < 1.29 is 24.1 Å². The van der Waals surface area contributed by atoms with Gasteiger partial charge in [0.1, 0.15) is 0 Å². The first-order valence-electron chi connectivity index (χ1n) is 4.83. The van der Waals surface area contributed by atoms with E-state index in [0.29, 0.717) is 0 Å². The zero-order chi connectivity index (χ0) is 10.6. The molecule has 0 bridgehead atoms. The van der Waals surface area contributed by atoms with Gasteiger partial charge in [-0.1, -0.05) is 0 Å². The molecule has 0 spiro atoms. The molecule has 0 radical (unpaired) electrons. The van der Waals surface area contributed by atoms with Crippen molar-refractivity contribution in [3.63, 3.8) is 0 Å². The first-order valence-corrected chi connectivity index (χ1v) is 6.30. The Morgan fingerprint density at radius 2 is 1.93 bits per heavy atom. The van der Waals surface area contributed by atoms with E-state index in [0.717, 1.165) is 16.9 Å². The molecule has 0 aromatic carbocycles. The van der Waals surface area contributed by atoms with Gasteiger partial charge in [-0.3, -0.25) is 0 Å². The van der Waals surface area contributed by atoms with Crippen LogP contribution >= 0.6 is 0 Å². The molecular formula is C12H18OW. The van der Waals surface area contributed by atoms with Crippen molar-refractivity contribution in [3.05, 3.63) is 37.0 Å². The fraction of sp³-hybridized carbons (Fsp3) is 0.417. The van der Waals surface area contributed by atoms with Crippen LogP contribution in [-0.2, 0) is 24.1 Å². The summed E-state index contributed by atoms with van der Waals surface area (Å²) in [5.74, 6) is 0. The van der Waals surface area contributed by atoms with Crippen LogP contribution in [0.1, 0.15) is 25.7 Å². The van der Waals surface area contributed by atoms with Crippen molar-refractivity contribution in [1.82, 2.24) is 0 Å². The third kappa shape index (κ3) is 9.82. The van der Waals surface area contributed by atoms with Gasteiger partial charge in [-0.15, -0.1) is 0 Å². The molecule has 0 saturated carbocycles. The number of ether oxygens (including phenoxy) is 1. The van der Waals surface area contributed by atoms with E-state index in [9.17, 15) is 0 Å². The average Bonchev–Trinajstić information content (AvgIpc) is 2.21. The molecule has 0 rings (SSSR count). The predicted molar refractivity (Wildman–Crippen MR) is 59.0 cm³/mol. The van der Waals surface area contributed by atoms with E-state index in [4.69, 9.17) is 4.74 Å². The molecule has 0 fully saturated rings. The molecule has 78 valence electrons. The molecule has 0 heterocycles. The third-order valence-electron chi connectivity index (χ3n) is 1.72. The van der Waals surface area contributed by atoms with E-state index in [1.807, 2.05) is 12.2 Å². The Morgan fingerprint density at radius 1 is 1.29 bits per heavy atom. The zero-order valence-electron chi connectivity index (χ0n) is 8.74. The van der Waals surface area contributed by atoms with Gasteiger partial charge in [0.2, 0.25) is 0 Å². The molecule has 0 aliphatic heterocycles. The van der Waals surface area contributed by atoms with Gasteiger partial charge in [0.05, 0.1) is 0 Å². The Kier molecular flexibility index (Phi) is 10.6. The molecule has 0 aromatic rings. The van der Waals surface area contributed by atoms with E-state index in [2.05, 4.69) is 24.8 Å². The van der Waals surface area contributed by atoms with E-state index < -0.39 is 0 Å². The second-order valence-corrected chi connectivity index (χ2v) is 4.32. The number of allylic oxidation sites excluding steroid dienone is 4. The van der Waals surface area contributed by atoms with Gasteiger partial charge in [-0.25, -0.2) is 0 Å². The topological polar surface area (TPSA) is 9.23 Å². The monoisotopic (exact) mass is 362 g/mol. The van der Waals surface area contributed by atoms with Crippen molar-refractivity contribution in [2.75, 3.05) is 7.11 Å². The van der Waals surface area contributed by atoms with E-state index in [-0.39, 0.29) is 0 Å². The summed E-state index contributed by atoms with van der Waals surface area (Å²) in [6, 6.07) is 0. The third-order valence-corrected chi connectivity index (χ3v) is 2.81. The summed E-state index contributed by atoms with van der Waals surface area (Å²) >= 11 is 1.38. The van der Waals surface area contributed by atoms with Gasteiger partial charge in [0.15, 0.2) is 0 Å². The van der Waals surface area contributed by atoms with Crippen LogP contribution in [-0.4, -0.2) is 11.2 Å². The quantitative estimate of drug-likeness (QED) is 0.476. The van der Waals surface area contributed by atoms with Crippen molar-refractivity contribution in [1.29, 1.82) is 0 Å². The molecule has 0 amide bonds. The first-order chi connectivity index (χ1) is 6.81. The van der Waals surface area contributed by atoms with Crippen molar-refractivity contribution >= 4 is 4.08 Å². The molecule has 1 nitrogen and oxygen atoms in total. The van der Waals surface area contributed by atoms with Gasteiger partial charge in [0, 0.05) is 0 Å². The van der Waals surface area contributed by atoms with E-state index >= 15 is 0 Å². The van der Waals surface area contributed by atoms with Crippen LogP contribution < -0.4 is 0 Å². The summed E-state index contributed by atoms with van der Waals surface area (Å²) in [7, 11) is 1.72. The fourth-order valence-corrected chi connectivity index (χ4v) is 1.31. The molecule has 0 aliphatic carbocycles. The minimum absolute atomic E-state index is 1.05. The van der Waals surface area contributed by atoms with Gasteiger partial charge in [0.25, 0.3) is 0 Å². The molecule has 0 unspecified atom stereocenters. The first kappa shape index (κ1) is 13.7. The maximum absolute atomic E-state index is 5.05. The Labute approximate surface area is 98.0 Å². The van der Waals surface area contributed by atoms with Crippen molar-refractivity contribution in [3.8, 4) is 0 Å². The summed E-state index contributed by atoms with van der Waals surface area (Å²) in [4.78, 5) is 0. The van der Waals surface area contributed by atoms with E-state index in [1.165, 1.54) is 32.2 Å². The number of rotatable bonds is 8. The average molecular weight is 362 g/mol. The van der Waals surface area contributed by atoms with E-state index in [1.54, 1.807) is 7.11 Å². The molecule has 0 saturated heterocycles. The fourth-order valence-electron chi connectivity index (χ4n) is 0.964. The van der Waals surface area contributed by atoms with Crippen LogP contribution in [0.15, 0.2) is 37.0 Å². The summed E-state index contributed by atoms with van der Waals surface area (Å²) in [6.45, 7) is 3.62. The van der Waals surface area contributed by atoms with Crippen LogP contribution in [0.25, 0.3) is 0 Å². The van der Waals surface area contributed by atoms with Crippen LogP contribution in [0.5, 0.6) is 0 Å². The Hall–Kier alpha value is -0.262. The Morgan fingerprint density at radius 3 is 2.50 bits per heavy atom. The molecule has 0 aliphatic rings. The summed E-state index contributed by atoms with van der Waals surface area (Å²) in [5.41, 5.74) is 0. The zero-order valence-corrected chi connectivity index (χ0v) is 11.7. The van der Waals surface area contributed by atoms with Gasteiger partial charge >= 0.3 is 97.9 Å². The maximum atomic E-state index is 5.05. The van der Waals surface area contributed by atoms with Gasteiger partial charge in [-0.05, 0) is 0 Å². The molecule has 0 N–H and O–H groups in total. The number of hydrogen-bond donors (Lipinski definition) is 0. The molecule has 14 heavy (non-hydrogen) atoms. The molecule has 0 atom stereocenters. The van der Waals surface area contributed by atoms with Crippen molar-refractivity contribution in [2.45, 2.75) is 25.7 Å². The minimum atomic E-state index is 1.05. The summed E-state index contributed by atoms with van der Waals surface area (Å²) in [5, 5.41) is 0. The number of methoxy groups -OCH3 is 1. The number of unbranched alkanes of at least 4 members (excludes halogenated alkanes) is 3. The number of hydrogen-bond acceptors (Lipinski definition) is 1. The second-order valence-electron chi connectivity index (χ2n) is 2.87.